The molecule has 0 unspecified atom stereocenters. The first-order valence-electron chi connectivity index (χ1n) is 10.9. The molecule has 0 fully saturated rings. The molecule has 0 aliphatic carbocycles. The average Bonchev–Trinajstić information content (AvgIpc) is 2.80. The van der Waals surface area contributed by atoms with Gasteiger partial charge >= 0.3 is 5.97 Å². The number of hydrogen-bond donors (Lipinski definition) is 1. The molecule has 0 bridgehead atoms. The number of carbonyl (C=O) groups is 1. The second-order valence-corrected chi connectivity index (χ2v) is 7.59. The van der Waals surface area contributed by atoms with Crippen LogP contribution in [0.1, 0.15) is 54.1 Å². The number of esters is 1. The van der Waals surface area contributed by atoms with Gasteiger partial charge in [0.2, 0.25) is 0 Å². The highest BCUT2D eigenvalue weighted by molar-refractivity contribution is 5.91. The standard InChI is InChI=1S/C27H29NO4/c1-3-4-5-8-17-31-23-14-11-21(12-15-23)27(30)32-24-16-13-22(26(29)18-24)19-28-25-10-7-6-9-20(25)2/h6-7,9-16,18-19,29H,3-5,8,17H2,1-2H3. The quantitative estimate of drug-likeness (QED) is 0.169. The average molecular weight is 432 g/mol. The SMILES string of the molecule is CCCCCCOc1ccc(C(=O)Oc2ccc(C=Nc3ccccc3C)c(O)c2)cc1. The zero-order valence-electron chi connectivity index (χ0n) is 18.6. The highest BCUT2D eigenvalue weighted by Gasteiger charge is 2.10. The maximum absolute atomic E-state index is 12.4. The second-order valence-electron chi connectivity index (χ2n) is 7.59. The first kappa shape index (κ1) is 23.1. The van der Waals surface area contributed by atoms with Crippen molar-refractivity contribution in [2.24, 2.45) is 4.99 Å². The number of phenolic OH excluding ortho intramolecular Hbond substituents is 1. The number of para-hydroxylation sites is 1. The number of rotatable bonds is 10. The van der Waals surface area contributed by atoms with Crippen molar-refractivity contribution in [2.45, 2.75) is 39.5 Å². The van der Waals surface area contributed by atoms with Crippen molar-refractivity contribution in [3.63, 3.8) is 0 Å². The van der Waals surface area contributed by atoms with Crippen molar-refractivity contribution in [3.05, 3.63) is 83.4 Å². The number of phenols is 1. The summed E-state index contributed by atoms with van der Waals surface area (Å²) in [6.07, 6.45) is 6.17. The zero-order valence-corrected chi connectivity index (χ0v) is 18.6. The second kappa shape index (κ2) is 11.7. The van der Waals surface area contributed by atoms with Crippen LogP contribution in [-0.2, 0) is 0 Å². The molecule has 3 aromatic rings. The predicted molar refractivity (Wildman–Crippen MR) is 128 cm³/mol. The Kier molecular flexibility index (Phi) is 8.44. The Balaban J connectivity index is 1.57. The molecule has 0 saturated carbocycles. The summed E-state index contributed by atoms with van der Waals surface area (Å²) in [5, 5.41) is 10.3. The lowest BCUT2D eigenvalue weighted by atomic mass is 10.2. The predicted octanol–water partition coefficient (Wildman–Crippen LogP) is 6.63. The number of hydrogen-bond acceptors (Lipinski definition) is 5. The lowest BCUT2D eigenvalue weighted by Gasteiger charge is -2.08. The Morgan fingerprint density at radius 1 is 0.969 bits per heavy atom. The van der Waals surface area contributed by atoms with Gasteiger partial charge in [-0.2, -0.15) is 0 Å². The van der Waals surface area contributed by atoms with Gasteiger partial charge in [-0.3, -0.25) is 4.99 Å². The molecule has 32 heavy (non-hydrogen) atoms. The van der Waals surface area contributed by atoms with Crippen molar-refractivity contribution in [1.82, 2.24) is 0 Å². The number of aromatic hydroxyl groups is 1. The molecule has 5 heteroatoms. The minimum Gasteiger partial charge on any atom is -0.507 e. The molecule has 0 radical (unpaired) electrons. The Labute approximate surface area is 189 Å². The van der Waals surface area contributed by atoms with Gasteiger partial charge in [0, 0.05) is 17.8 Å². The molecule has 0 aliphatic rings. The fraction of sp³-hybridized carbons (Fsp3) is 0.259. The summed E-state index contributed by atoms with van der Waals surface area (Å²) < 4.78 is 11.1. The molecule has 0 amide bonds. The maximum Gasteiger partial charge on any atom is 0.343 e. The molecule has 0 spiro atoms. The topological polar surface area (TPSA) is 68.1 Å². The van der Waals surface area contributed by atoms with Crippen LogP contribution in [0.25, 0.3) is 0 Å². The lowest BCUT2D eigenvalue weighted by molar-refractivity contribution is 0.0734. The molecule has 5 nitrogen and oxygen atoms in total. The van der Waals surface area contributed by atoms with Gasteiger partial charge in [-0.05, 0) is 61.4 Å². The van der Waals surface area contributed by atoms with E-state index >= 15 is 0 Å². The number of ether oxygens (including phenoxy) is 2. The van der Waals surface area contributed by atoms with Crippen LogP contribution in [0.3, 0.4) is 0 Å². The van der Waals surface area contributed by atoms with Crippen LogP contribution in [0.15, 0.2) is 71.7 Å². The van der Waals surface area contributed by atoms with Crippen LogP contribution in [0, 0.1) is 6.92 Å². The minimum absolute atomic E-state index is 0.0144. The smallest absolute Gasteiger partial charge is 0.343 e. The molecule has 0 heterocycles. The molecular formula is C27H29NO4. The fourth-order valence-corrected chi connectivity index (χ4v) is 3.12. The van der Waals surface area contributed by atoms with E-state index in [0.717, 1.165) is 29.8 Å². The van der Waals surface area contributed by atoms with Crippen LogP contribution in [0.4, 0.5) is 5.69 Å². The third-order valence-corrected chi connectivity index (χ3v) is 5.03. The number of aryl methyl sites for hydroxylation is 1. The third-order valence-electron chi connectivity index (χ3n) is 5.03. The molecule has 0 saturated heterocycles. The van der Waals surface area contributed by atoms with Crippen LogP contribution in [0.2, 0.25) is 0 Å². The van der Waals surface area contributed by atoms with Crippen molar-refractivity contribution < 1.29 is 19.4 Å². The van der Waals surface area contributed by atoms with Crippen LogP contribution >= 0.6 is 0 Å². The van der Waals surface area contributed by atoms with Gasteiger partial charge in [-0.15, -0.1) is 0 Å². The molecule has 3 aromatic carbocycles. The van der Waals surface area contributed by atoms with Crippen LogP contribution in [-0.4, -0.2) is 23.9 Å². The molecule has 1 N–H and O–H groups in total. The number of carbonyl (C=O) groups excluding carboxylic acids is 1. The van der Waals surface area contributed by atoms with Crippen molar-refractivity contribution in [1.29, 1.82) is 0 Å². The van der Waals surface area contributed by atoms with Gasteiger partial charge in [-0.25, -0.2) is 4.79 Å². The molecule has 0 atom stereocenters. The van der Waals surface area contributed by atoms with Gasteiger partial charge < -0.3 is 14.6 Å². The Morgan fingerprint density at radius 3 is 2.44 bits per heavy atom. The van der Waals surface area contributed by atoms with E-state index in [0.29, 0.717) is 17.7 Å². The van der Waals surface area contributed by atoms with Crippen molar-refractivity contribution in [2.75, 3.05) is 6.61 Å². The Bertz CT molecular complexity index is 1060. The molecular weight excluding hydrogens is 402 g/mol. The summed E-state index contributed by atoms with van der Waals surface area (Å²) in [7, 11) is 0. The van der Waals surface area contributed by atoms with E-state index in [-0.39, 0.29) is 11.5 Å². The van der Waals surface area contributed by atoms with Gasteiger partial charge in [0.1, 0.15) is 17.2 Å². The van der Waals surface area contributed by atoms with E-state index in [2.05, 4.69) is 11.9 Å². The normalized spacial score (nSPS) is 10.9. The van der Waals surface area contributed by atoms with E-state index in [1.54, 1.807) is 42.6 Å². The third kappa shape index (κ3) is 6.71. The molecule has 3 rings (SSSR count). The van der Waals surface area contributed by atoms with Crippen LogP contribution in [0.5, 0.6) is 17.2 Å². The summed E-state index contributed by atoms with van der Waals surface area (Å²) in [6.45, 7) is 4.82. The number of benzene rings is 3. The van der Waals surface area contributed by atoms with Crippen molar-refractivity contribution in [3.8, 4) is 17.2 Å². The van der Waals surface area contributed by atoms with Crippen molar-refractivity contribution >= 4 is 17.9 Å². The van der Waals surface area contributed by atoms with Gasteiger partial charge in [0.15, 0.2) is 0 Å². The monoisotopic (exact) mass is 431 g/mol. The largest absolute Gasteiger partial charge is 0.507 e. The van der Waals surface area contributed by atoms with Gasteiger partial charge in [-0.1, -0.05) is 44.4 Å². The summed E-state index contributed by atoms with van der Waals surface area (Å²) in [5.74, 6) is 0.476. The fourth-order valence-electron chi connectivity index (χ4n) is 3.12. The first-order valence-corrected chi connectivity index (χ1v) is 10.9. The van der Waals surface area contributed by atoms with Gasteiger partial charge in [0.25, 0.3) is 0 Å². The number of aliphatic imine (C=N–C) groups is 1. The van der Waals surface area contributed by atoms with E-state index in [1.807, 2.05) is 31.2 Å². The number of unbranched alkanes of at least 4 members (excludes halogenated alkanes) is 3. The molecule has 166 valence electrons. The highest BCUT2D eigenvalue weighted by atomic mass is 16.5. The maximum atomic E-state index is 12.4. The number of nitrogens with zero attached hydrogens (tertiary/aromatic N) is 1. The Hall–Kier alpha value is -3.60. The Morgan fingerprint density at radius 2 is 1.72 bits per heavy atom. The lowest BCUT2D eigenvalue weighted by Crippen LogP contribution is -2.08. The van der Waals surface area contributed by atoms with E-state index in [1.165, 1.54) is 18.9 Å². The summed E-state index contributed by atoms with van der Waals surface area (Å²) in [4.78, 5) is 16.8. The zero-order chi connectivity index (χ0) is 22.8. The van der Waals surface area contributed by atoms with Gasteiger partial charge in [0.05, 0.1) is 17.9 Å². The van der Waals surface area contributed by atoms with E-state index in [4.69, 9.17) is 9.47 Å². The summed E-state index contributed by atoms with van der Waals surface area (Å²) >= 11 is 0. The molecule has 0 aliphatic heterocycles. The van der Waals surface area contributed by atoms with E-state index in [9.17, 15) is 9.90 Å². The summed E-state index contributed by atoms with van der Waals surface area (Å²) in [6, 6.07) is 19.3. The van der Waals surface area contributed by atoms with E-state index < -0.39 is 5.97 Å². The first-order chi connectivity index (χ1) is 15.6. The molecule has 0 aromatic heterocycles. The summed E-state index contributed by atoms with van der Waals surface area (Å²) in [5.41, 5.74) is 2.82. The van der Waals surface area contributed by atoms with Crippen LogP contribution < -0.4 is 9.47 Å². The minimum atomic E-state index is -0.500. The highest BCUT2D eigenvalue weighted by Crippen LogP contribution is 2.25.